The van der Waals surface area contributed by atoms with Crippen molar-refractivity contribution in [2.45, 2.75) is 56.7 Å². The Bertz CT molecular complexity index is 1390. The zero-order valence-electron chi connectivity index (χ0n) is 19.7. The molecule has 2 fully saturated rings. The van der Waals surface area contributed by atoms with Crippen LogP contribution in [0, 0.1) is 17.1 Å². The van der Waals surface area contributed by atoms with Gasteiger partial charge in [-0.2, -0.15) is 5.26 Å². The van der Waals surface area contributed by atoms with E-state index in [4.69, 9.17) is 11.6 Å². The lowest BCUT2D eigenvalue weighted by Crippen LogP contribution is -2.45. The molecule has 5 rings (SSSR count). The number of hydrogen-bond acceptors (Lipinski definition) is 6. The maximum atomic E-state index is 13.6. The molecular formula is C26H27ClFN5O2. The summed E-state index contributed by atoms with van der Waals surface area (Å²) in [6, 6.07) is 10.4. The first-order chi connectivity index (χ1) is 16.8. The van der Waals surface area contributed by atoms with E-state index < -0.39 is 5.82 Å². The summed E-state index contributed by atoms with van der Waals surface area (Å²) in [5.74, 6) is -0.472. The van der Waals surface area contributed by atoms with Crippen LogP contribution in [-0.4, -0.2) is 39.8 Å². The minimum atomic E-state index is -0.449. The van der Waals surface area contributed by atoms with Gasteiger partial charge in [-0.3, -0.25) is 4.79 Å². The minimum Gasteiger partial charge on any atom is -0.506 e. The second-order valence-electron chi connectivity index (χ2n) is 9.55. The van der Waals surface area contributed by atoms with Gasteiger partial charge in [0.15, 0.2) is 0 Å². The van der Waals surface area contributed by atoms with Gasteiger partial charge in [-0.05, 0) is 62.8 Å². The molecule has 2 heterocycles. The lowest BCUT2D eigenvalue weighted by atomic mass is 9.88. The monoisotopic (exact) mass is 495 g/mol. The van der Waals surface area contributed by atoms with E-state index >= 15 is 0 Å². The van der Waals surface area contributed by atoms with Crippen LogP contribution in [0.25, 0.3) is 11.0 Å². The number of anilines is 2. The Morgan fingerprint density at radius 2 is 1.74 bits per heavy atom. The number of phenolic OH excluding ortho intramolecular Hbond substituents is 1. The van der Waals surface area contributed by atoms with E-state index in [-0.39, 0.29) is 29.0 Å². The van der Waals surface area contributed by atoms with Crippen LogP contribution >= 0.6 is 11.6 Å². The van der Waals surface area contributed by atoms with Crippen molar-refractivity contribution in [2.75, 3.05) is 16.8 Å². The number of aromatic hydroxyl groups is 1. The van der Waals surface area contributed by atoms with Crippen molar-refractivity contribution in [3.05, 3.63) is 57.2 Å². The maximum Gasteiger partial charge on any atom is 0.270 e. The normalized spacial score (nSPS) is 20.0. The van der Waals surface area contributed by atoms with E-state index in [0.29, 0.717) is 33.6 Å². The molecule has 2 saturated carbocycles. The SMILES string of the molecule is Cn1c(=O)c(C#N)c(N(C)[C@H]2CC[C@H](N(c3ccc(F)cc3O)C3CC3)CC2)c2nc(Cl)ccc21. The van der Waals surface area contributed by atoms with E-state index in [1.165, 1.54) is 16.7 Å². The molecule has 35 heavy (non-hydrogen) atoms. The van der Waals surface area contributed by atoms with Crippen LogP contribution in [0.4, 0.5) is 15.8 Å². The van der Waals surface area contributed by atoms with Crippen LogP contribution in [0.2, 0.25) is 5.15 Å². The van der Waals surface area contributed by atoms with Gasteiger partial charge in [-0.15, -0.1) is 0 Å². The van der Waals surface area contributed by atoms with Crippen LogP contribution in [0.3, 0.4) is 0 Å². The smallest absolute Gasteiger partial charge is 0.270 e. The molecule has 1 aromatic carbocycles. The molecule has 2 aliphatic rings. The fraction of sp³-hybridized carbons (Fsp3) is 0.423. The molecule has 0 bridgehead atoms. The Labute approximate surface area is 208 Å². The molecule has 2 aromatic heterocycles. The number of halogens is 2. The van der Waals surface area contributed by atoms with Gasteiger partial charge in [0.1, 0.15) is 33.9 Å². The number of aryl methyl sites for hydroxylation is 1. The van der Waals surface area contributed by atoms with Gasteiger partial charge in [0.25, 0.3) is 5.56 Å². The topological polar surface area (TPSA) is 85.4 Å². The van der Waals surface area contributed by atoms with E-state index in [1.54, 1.807) is 25.2 Å². The lowest BCUT2D eigenvalue weighted by molar-refractivity contribution is 0.362. The van der Waals surface area contributed by atoms with Crippen LogP contribution < -0.4 is 15.4 Å². The first kappa shape index (κ1) is 23.4. The highest BCUT2D eigenvalue weighted by Crippen LogP contribution is 2.42. The number of aromatic nitrogens is 2. The standard InChI is InChI=1S/C26H27ClFN5O2/c1-31(25-19(14-29)26(35)32(2)21-11-12-23(27)30-24(21)25)16-4-6-17(7-5-16)33(18-8-9-18)20-10-3-15(28)13-22(20)34/h3,10-13,16-18,34H,4-9H2,1-2H3/t16-,17-. The summed E-state index contributed by atoms with van der Waals surface area (Å²) in [5, 5.41) is 20.6. The Balaban J connectivity index is 1.43. The predicted octanol–water partition coefficient (Wildman–Crippen LogP) is 4.72. The molecule has 0 radical (unpaired) electrons. The van der Waals surface area contributed by atoms with Gasteiger partial charge < -0.3 is 19.5 Å². The summed E-state index contributed by atoms with van der Waals surface area (Å²) in [4.78, 5) is 21.7. The van der Waals surface area contributed by atoms with Crippen molar-refractivity contribution < 1.29 is 9.50 Å². The molecule has 9 heteroatoms. The van der Waals surface area contributed by atoms with Crippen molar-refractivity contribution in [2.24, 2.45) is 7.05 Å². The highest BCUT2D eigenvalue weighted by molar-refractivity contribution is 6.29. The summed E-state index contributed by atoms with van der Waals surface area (Å²) in [7, 11) is 3.54. The van der Waals surface area contributed by atoms with Crippen molar-refractivity contribution in [1.29, 1.82) is 5.26 Å². The second-order valence-corrected chi connectivity index (χ2v) is 9.93. The summed E-state index contributed by atoms with van der Waals surface area (Å²) in [6.07, 6.45) is 5.56. The quantitative estimate of drug-likeness (QED) is 0.515. The molecular weight excluding hydrogens is 469 g/mol. The number of pyridine rings is 2. The molecule has 1 N–H and O–H groups in total. The molecule has 3 aromatic rings. The van der Waals surface area contributed by atoms with E-state index in [0.717, 1.165) is 38.5 Å². The zero-order chi connectivity index (χ0) is 24.9. The molecule has 2 aliphatic carbocycles. The third-order valence-electron chi connectivity index (χ3n) is 7.41. The number of benzene rings is 1. The molecule has 0 amide bonds. The molecule has 182 valence electrons. The molecule has 0 unspecified atom stereocenters. The Morgan fingerprint density at radius 1 is 1.11 bits per heavy atom. The lowest BCUT2D eigenvalue weighted by Gasteiger charge is -2.42. The molecule has 0 saturated heterocycles. The fourth-order valence-electron chi connectivity index (χ4n) is 5.48. The summed E-state index contributed by atoms with van der Waals surface area (Å²) in [5.41, 5.74) is 2.08. The molecule has 0 atom stereocenters. The third-order valence-corrected chi connectivity index (χ3v) is 7.62. The Morgan fingerprint density at radius 3 is 2.34 bits per heavy atom. The van der Waals surface area contributed by atoms with Gasteiger partial charge in [0.2, 0.25) is 0 Å². The summed E-state index contributed by atoms with van der Waals surface area (Å²) < 4.78 is 15.0. The second kappa shape index (κ2) is 9.04. The van der Waals surface area contributed by atoms with Gasteiger partial charge in [0.05, 0.1) is 16.9 Å². The number of nitrogens with zero attached hydrogens (tertiary/aromatic N) is 5. The minimum absolute atomic E-state index is 0.0237. The molecule has 0 spiro atoms. The van der Waals surface area contributed by atoms with E-state index in [2.05, 4.69) is 16.0 Å². The van der Waals surface area contributed by atoms with Gasteiger partial charge >= 0.3 is 0 Å². The van der Waals surface area contributed by atoms with Crippen LogP contribution in [-0.2, 0) is 7.05 Å². The Hall–Kier alpha value is -3.31. The summed E-state index contributed by atoms with van der Waals surface area (Å²) in [6.45, 7) is 0. The number of phenols is 1. The van der Waals surface area contributed by atoms with Crippen LogP contribution in [0.1, 0.15) is 44.1 Å². The van der Waals surface area contributed by atoms with Crippen molar-refractivity contribution in [3.8, 4) is 11.8 Å². The average molecular weight is 496 g/mol. The molecule has 7 nitrogen and oxygen atoms in total. The summed E-state index contributed by atoms with van der Waals surface area (Å²) >= 11 is 6.19. The van der Waals surface area contributed by atoms with Gasteiger partial charge in [-0.25, -0.2) is 9.37 Å². The number of nitriles is 1. The zero-order valence-corrected chi connectivity index (χ0v) is 20.5. The highest BCUT2D eigenvalue weighted by atomic mass is 35.5. The third kappa shape index (κ3) is 4.19. The van der Waals surface area contributed by atoms with Gasteiger partial charge in [0, 0.05) is 38.3 Å². The largest absolute Gasteiger partial charge is 0.506 e. The first-order valence-corrected chi connectivity index (χ1v) is 12.3. The maximum absolute atomic E-state index is 13.6. The van der Waals surface area contributed by atoms with Crippen molar-refractivity contribution in [3.63, 3.8) is 0 Å². The first-order valence-electron chi connectivity index (χ1n) is 11.9. The van der Waals surface area contributed by atoms with E-state index in [9.17, 15) is 19.6 Å². The van der Waals surface area contributed by atoms with E-state index in [1.807, 2.05) is 11.9 Å². The predicted molar refractivity (Wildman–Crippen MR) is 135 cm³/mol. The highest BCUT2D eigenvalue weighted by Gasteiger charge is 2.38. The van der Waals surface area contributed by atoms with Crippen LogP contribution in [0.5, 0.6) is 5.75 Å². The van der Waals surface area contributed by atoms with Crippen LogP contribution in [0.15, 0.2) is 35.1 Å². The number of rotatable bonds is 5. The number of hydrogen-bond donors (Lipinski definition) is 1. The molecule has 0 aliphatic heterocycles. The number of fused-ring (bicyclic) bond motifs is 1. The van der Waals surface area contributed by atoms with Gasteiger partial charge in [-0.1, -0.05) is 11.6 Å². The van der Waals surface area contributed by atoms with Crippen molar-refractivity contribution in [1.82, 2.24) is 9.55 Å². The Kier molecular flexibility index (Phi) is 6.06. The fourth-order valence-corrected chi connectivity index (χ4v) is 5.63. The van der Waals surface area contributed by atoms with Crippen molar-refractivity contribution >= 4 is 34.0 Å². The average Bonchev–Trinajstić information content (AvgIpc) is 3.68.